The van der Waals surface area contributed by atoms with E-state index in [0.29, 0.717) is 24.9 Å². The van der Waals surface area contributed by atoms with Crippen LogP contribution in [0, 0.1) is 29.6 Å². The molecule has 2 amide bonds. The lowest BCUT2D eigenvalue weighted by Crippen LogP contribution is -2.41. The van der Waals surface area contributed by atoms with Crippen molar-refractivity contribution >= 4 is 11.8 Å². The van der Waals surface area contributed by atoms with Crippen molar-refractivity contribution in [1.29, 1.82) is 0 Å². The molecule has 0 atom stereocenters. The fourth-order valence-electron chi connectivity index (χ4n) is 4.39. The highest BCUT2D eigenvalue weighted by molar-refractivity contribution is 5.77. The number of piperidine rings is 2. The first-order valence-electron chi connectivity index (χ1n) is 12.3. The Balaban J connectivity index is 0.000000300. The van der Waals surface area contributed by atoms with E-state index in [1.807, 2.05) is 11.8 Å². The van der Waals surface area contributed by atoms with Crippen LogP contribution in [0.4, 0.5) is 0 Å². The maximum atomic E-state index is 11.8. The largest absolute Gasteiger partial charge is 0.372 e. The zero-order valence-corrected chi connectivity index (χ0v) is 20.8. The van der Waals surface area contributed by atoms with Crippen LogP contribution >= 0.6 is 0 Å². The molecule has 0 bridgehead atoms. The molecule has 30 heavy (non-hydrogen) atoms. The van der Waals surface area contributed by atoms with Crippen LogP contribution in [0.25, 0.3) is 0 Å². The third-order valence-electron chi connectivity index (χ3n) is 6.68. The minimum absolute atomic E-state index is 0.152. The second-order valence-electron chi connectivity index (χ2n) is 10.2. The lowest BCUT2D eigenvalue weighted by Gasteiger charge is -2.34. The van der Waals surface area contributed by atoms with E-state index in [9.17, 15) is 9.59 Å². The van der Waals surface area contributed by atoms with Gasteiger partial charge >= 0.3 is 0 Å². The molecule has 0 aromatic rings. The summed E-state index contributed by atoms with van der Waals surface area (Å²) in [6, 6.07) is 0. The number of rotatable bonds is 7. The van der Waals surface area contributed by atoms with Crippen molar-refractivity contribution in [2.75, 3.05) is 39.4 Å². The smallest absolute Gasteiger partial charge is 0.248 e. The minimum Gasteiger partial charge on any atom is -0.372 e. The van der Waals surface area contributed by atoms with E-state index in [2.05, 4.69) is 46.4 Å². The molecule has 5 nitrogen and oxygen atoms in total. The van der Waals surface area contributed by atoms with Gasteiger partial charge in [0.25, 0.3) is 0 Å². The van der Waals surface area contributed by atoms with Gasteiger partial charge in [-0.15, -0.1) is 0 Å². The second-order valence-corrected chi connectivity index (χ2v) is 10.2. The van der Waals surface area contributed by atoms with Crippen molar-refractivity contribution in [3.8, 4) is 0 Å². The molecule has 176 valence electrons. The molecule has 0 aliphatic carbocycles. The summed E-state index contributed by atoms with van der Waals surface area (Å²) in [5.41, 5.74) is 0. The zero-order chi connectivity index (χ0) is 22.7. The highest BCUT2D eigenvalue weighted by Crippen LogP contribution is 2.25. The van der Waals surface area contributed by atoms with E-state index in [0.717, 1.165) is 62.7 Å². The molecule has 0 aromatic carbocycles. The SMILES string of the molecule is CC(C)CC(=O)N1CCC(C(C)C)CC1.CCOCC(=O)N1CCC(C(C)C)CC1. The van der Waals surface area contributed by atoms with Gasteiger partial charge in [0.1, 0.15) is 6.61 Å². The van der Waals surface area contributed by atoms with Crippen LogP contribution in [-0.4, -0.2) is 61.0 Å². The summed E-state index contributed by atoms with van der Waals surface area (Å²) in [6.45, 7) is 19.9. The Bertz CT molecular complexity index is 489. The van der Waals surface area contributed by atoms with Crippen LogP contribution in [0.15, 0.2) is 0 Å². The molecule has 0 unspecified atom stereocenters. The van der Waals surface area contributed by atoms with Gasteiger partial charge in [0.2, 0.25) is 11.8 Å². The lowest BCUT2D eigenvalue weighted by molar-refractivity contribution is -0.137. The predicted octanol–water partition coefficient (Wildman–Crippen LogP) is 4.84. The van der Waals surface area contributed by atoms with E-state index < -0.39 is 0 Å². The van der Waals surface area contributed by atoms with Crippen molar-refractivity contribution < 1.29 is 14.3 Å². The van der Waals surface area contributed by atoms with Crippen LogP contribution < -0.4 is 0 Å². The van der Waals surface area contributed by atoms with Gasteiger partial charge in [0, 0.05) is 39.2 Å². The number of amides is 2. The second kappa shape index (κ2) is 14.1. The molecular formula is C25H48N2O3. The molecule has 2 saturated heterocycles. The molecule has 0 N–H and O–H groups in total. The topological polar surface area (TPSA) is 49.9 Å². The molecule has 2 rings (SSSR count). The third kappa shape index (κ3) is 9.80. The molecule has 2 heterocycles. The van der Waals surface area contributed by atoms with Gasteiger partial charge in [-0.2, -0.15) is 0 Å². The summed E-state index contributed by atoms with van der Waals surface area (Å²) >= 11 is 0. The molecule has 0 saturated carbocycles. The first kappa shape index (κ1) is 26.9. The van der Waals surface area contributed by atoms with Crippen LogP contribution in [0.5, 0.6) is 0 Å². The Labute approximate surface area is 185 Å². The normalized spacial score (nSPS) is 18.7. The average molecular weight is 425 g/mol. The quantitative estimate of drug-likeness (QED) is 0.587. The maximum Gasteiger partial charge on any atom is 0.248 e. The maximum absolute atomic E-state index is 11.8. The number of carbonyl (C=O) groups is 2. The number of likely N-dealkylation sites (tertiary alicyclic amines) is 2. The van der Waals surface area contributed by atoms with E-state index in [1.54, 1.807) is 0 Å². The number of ether oxygens (including phenoxy) is 1. The van der Waals surface area contributed by atoms with E-state index in [-0.39, 0.29) is 12.5 Å². The predicted molar refractivity (Wildman–Crippen MR) is 124 cm³/mol. The molecular weight excluding hydrogens is 376 g/mol. The number of nitrogens with zero attached hydrogens (tertiary/aromatic N) is 2. The first-order chi connectivity index (χ1) is 14.1. The highest BCUT2D eigenvalue weighted by Gasteiger charge is 2.25. The summed E-state index contributed by atoms with van der Waals surface area (Å²) in [7, 11) is 0. The fourth-order valence-corrected chi connectivity index (χ4v) is 4.39. The highest BCUT2D eigenvalue weighted by atomic mass is 16.5. The van der Waals surface area contributed by atoms with Gasteiger partial charge in [-0.1, -0.05) is 41.5 Å². The zero-order valence-electron chi connectivity index (χ0n) is 20.8. The number of hydrogen-bond acceptors (Lipinski definition) is 3. The van der Waals surface area contributed by atoms with E-state index in [1.165, 1.54) is 12.8 Å². The van der Waals surface area contributed by atoms with Gasteiger partial charge < -0.3 is 14.5 Å². The van der Waals surface area contributed by atoms with Gasteiger partial charge in [-0.25, -0.2) is 0 Å². The Kier molecular flexibility index (Phi) is 12.6. The van der Waals surface area contributed by atoms with Crippen molar-refractivity contribution in [3.63, 3.8) is 0 Å². The molecule has 2 aliphatic heterocycles. The number of hydrogen-bond donors (Lipinski definition) is 0. The van der Waals surface area contributed by atoms with Gasteiger partial charge in [-0.3, -0.25) is 9.59 Å². The molecule has 2 fully saturated rings. The van der Waals surface area contributed by atoms with Gasteiger partial charge in [0.05, 0.1) is 0 Å². The molecule has 5 heteroatoms. The summed E-state index contributed by atoms with van der Waals surface area (Å²) < 4.78 is 5.13. The minimum atomic E-state index is 0.152. The first-order valence-corrected chi connectivity index (χ1v) is 12.3. The van der Waals surface area contributed by atoms with Gasteiger partial charge in [0.15, 0.2) is 0 Å². The molecule has 2 aliphatic rings. The Morgan fingerprint density at radius 3 is 1.50 bits per heavy atom. The summed E-state index contributed by atoms with van der Waals surface area (Å²) in [4.78, 5) is 27.4. The van der Waals surface area contributed by atoms with Crippen LogP contribution in [0.3, 0.4) is 0 Å². The van der Waals surface area contributed by atoms with Crippen LogP contribution in [0.1, 0.15) is 80.6 Å². The van der Waals surface area contributed by atoms with E-state index in [4.69, 9.17) is 4.74 Å². The molecule has 0 spiro atoms. The van der Waals surface area contributed by atoms with Crippen molar-refractivity contribution in [3.05, 3.63) is 0 Å². The summed E-state index contributed by atoms with van der Waals surface area (Å²) in [5.74, 6) is 4.13. The third-order valence-corrected chi connectivity index (χ3v) is 6.68. The number of carbonyl (C=O) groups excluding carboxylic acids is 2. The molecule has 0 radical (unpaired) electrons. The monoisotopic (exact) mass is 424 g/mol. The van der Waals surface area contributed by atoms with Gasteiger partial charge in [-0.05, 0) is 62.2 Å². The summed E-state index contributed by atoms with van der Waals surface area (Å²) in [5, 5.41) is 0. The van der Waals surface area contributed by atoms with Crippen LogP contribution in [-0.2, 0) is 14.3 Å². The van der Waals surface area contributed by atoms with Crippen molar-refractivity contribution in [2.45, 2.75) is 80.6 Å². The Morgan fingerprint density at radius 2 is 1.17 bits per heavy atom. The Hall–Kier alpha value is -1.10. The average Bonchev–Trinajstić information content (AvgIpc) is 2.72. The standard InChI is InChI=1S/C13H25NO.C12H23NO2/c1-10(2)9-13(15)14-7-5-12(6-8-14)11(3)4;1-4-15-9-12(14)13-7-5-11(6-8-13)10(2)3/h10-12H,5-9H2,1-4H3;10-11H,4-9H2,1-3H3. The van der Waals surface area contributed by atoms with Crippen molar-refractivity contribution in [2.24, 2.45) is 29.6 Å². The van der Waals surface area contributed by atoms with Crippen molar-refractivity contribution in [1.82, 2.24) is 9.80 Å². The Morgan fingerprint density at radius 1 is 0.767 bits per heavy atom. The lowest BCUT2D eigenvalue weighted by atomic mass is 9.86. The van der Waals surface area contributed by atoms with Crippen LogP contribution in [0.2, 0.25) is 0 Å². The fraction of sp³-hybridized carbons (Fsp3) is 0.920. The summed E-state index contributed by atoms with van der Waals surface area (Å²) in [6.07, 6.45) is 5.40. The molecule has 0 aromatic heterocycles. The van der Waals surface area contributed by atoms with E-state index >= 15 is 0 Å².